The molecule has 15 N–H and O–H groups in total. The smallest absolute Gasteiger partial charge is 0.160 e. The normalized spacial score (nSPS) is 34.2. The Morgan fingerprint density at radius 3 is 1.25 bits per heavy atom. The first-order valence-corrected chi connectivity index (χ1v) is 22.0. The molecule has 0 aromatic carbocycles. The molecule has 16 atom stereocenters. The highest BCUT2D eigenvalue weighted by atomic mass is 16.7. The van der Waals surface area contributed by atoms with Crippen LogP contribution in [-0.4, -0.2) is 264 Å². The maximum atomic E-state index is 10.2. The third-order valence-corrected chi connectivity index (χ3v) is 10.3. The average molecular weight is 943 g/mol. The number of aliphatic hydroxyl groups excluding tert-OH is 13. The summed E-state index contributed by atoms with van der Waals surface area (Å²) in [7, 11) is 5.94. The second-order valence-electron chi connectivity index (χ2n) is 16.4. The number of likely N-dealkylation sites (N-methyl/N-ethyl adjacent to an activating group) is 1. The van der Waals surface area contributed by atoms with Gasteiger partial charge in [0, 0.05) is 92.3 Å². The van der Waals surface area contributed by atoms with Crippen molar-refractivity contribution >= 4 is 0 Å². The summed E-state index contributed by atoms with van der Waals surface area (Å²) in [4.78, 5) is 1.95. The van der Waals surface area contributed by atoms with Gasteiger partial charge in [0.15, 0.2) is 18.9 Å². The van der Waals surface area contributed by atoms with Crippen molar-refractivity contribution in [2.45, 2.75) is 157 Å². The Morgan fingerprint density at radius 2 is 0.938 bits per heavy atom. The van der Waals surface area contributed by atoms with Crippen LogP contribution in [0, 0.1) is 5.92 Å². The van der Waals surface area contributed by atoms with Gasteiger partial charge in [0.1, 0.15) is 0 Å². The van der Waals surface area contributed by atoms with Crippen molar-refractivity contribution in [3.8, 4) is 0 Å². The molecule has 5 saturated heterocycles. The van der Waals surface area contributed by atoms with Crippen LogP contribution >= 0.6 is 0 Å². The van der Waals surface area contributed by atoms with E-state index in [2.05, 4.69) is 0 Å². The molecule has 0 amide bonds. The topological polar surface area (TPSA) is 366 Å². The van der Waals surface area contributed by atoms with Crippen molar-refractivity contribution in [3.05, 3.63) is 0 Å². The summed E-state index contributed by atoms with van der Waals surface area (Å²) in [5.41, 5.74) is 5.48. The second-order valence-corrected chi connectivity index (χ2v) is 16.4. The van der Waals surface area contributed by atoms with E-state index in [1.807, 2.05) is 18.9 Å². The number of hydrogen-bond donors (Lipinski definition) is 14. The Balaban J connectivity index is 0.000000830. The summed E-state index contributed by atoms with van der Waals surface area (Å²) in [6.45, 7) is 4.90. The van der Waals surface area contributed by atoms with Crippen LogP contribution in [0.2, 0.25) is 0 Å². The summed E-state index contributed by atoms with van der Waals surface area (Å²) in [6.07, 6.45) is -2.85. The van der Waals surface area contributed by atoms with Gasteiger partial charge in [0.05, 0.1) is 126 Å². The van der Waals surface area contributed by atoms with Crippen molar-refractivity contribution in [1.82, 2.24) is 4.90 Å². The van der Waals surface area contributed by atoms with E-state index in [1.54, 1.807) is 0 Å². The molecule has 16 unspecified atom stereocenters. The molecule has 0 saturated carbocycles. The molecule has 5 fully saturated rings. The minimum Gasteiger partial charge on any atom is -0.400 e. The van der Waals surface area contributed by atoms with Crippen LogP contribution in [-0.2, 0) is 37.9 Å². The molecule has 5 aliphatic rings. The van der Waals surface area contributed by atoms with Gasteiger partial charge in [-0.15, -0.1) is 0 Å². The molecule has 0 radical (unpaired) electrons. The van der Waals surface area contributed by atoms with Crippen molar-refractivity contribution < 1.29 is 104 Å². The number of nitrogens with two attached hydrogens (primary N) is 1. The number of aliphatic hydroxyl groups is 13. The third kappa shape index (κ3) is 30.5. The lowest BCUT2D eigenvalue weighted by Crippen LogP contribution is -2.40. The van der Waals surface area contributed by atoms with Crippen LogP contribution in [0.25, 0.3) is 0 Å². The molecule has 23 heteroatoms. The molecule has 5 rings (SSSR count). The zero-order chi connectivity index (χ0) is 48.6. The zero-order valence-corrected chi connectivity index (χ0v) is 38.5. The Morgan fingerprint density at radius 1 is 0.578 bits per heavy atom. The molecule has 23 nitrogen and oxygen atoms in total. The summed E-state index contributed by atoms with van der Waals surface area (Å²) in [6, 6.07) is 0. The highest BCUT2D eigenvalue weighted by Gasteiger charge is 2.31. The van der Waals surface area contributed by atoms with Crippen molar-refractivity contribution in [2.75, 3.05) is 101 Å². The molecule has 0 aromatic heterocycles. The predicted octanol–water partition coefficient (Wildman–Crippen LogP) is -4.65. The van der Waals surface area contributed by atoms with E-state index in [9.17, 15) is 25.5 Å². The molecule has 0 bridgehead atoms. The molecule has 386 valence electrons. The number of ether oxygens (including phenoxy) is 8. The molecule has 0 aliphatic carbocycles. The Bertz CT molecular complexity index is 978. The fourth-order valence-electron chi connectivity index (χ4n) is 6.87. The van der Waals surface area contributed by atoms with Crippen molar-refractivity contribution in [3.63, 3.8) is 0 Å². The minimum absolute atomic E-state index is 0.0586. The SMILES string of the molecule is CC(CC(O)COC1CC(O)CC(CO)O1)C(O)CN(C)CCN.CO.COC1CC(O)CC(CO)O1.COC1CC(O)CC(CO)O1.OC1COCC(O)C1.OC1COCC(O)C1. The molecule has 0 aromatic rings. The number of rotatable bonds is 15. The number of nitrogens with zero attached hydrogens (tertiary/aromatic N) is 1. The maximum Gasteiger partial charge on any atom is 0.160 e. The van der Waals surface area contributed by atoms with E-state index < -0.39 is 67.3 Å². The number of hydrogen-bond acceptors (Lipinski definition) is 23. The molecule has 64 heavy (non-hydrogen) atoms. The first kappa shape index (κ1) is 63.1. The van der Waals surface area contributed by atoms with E-state index in [4.69, 9.17) is 84.5 Å². The van der Waals surface area contributed by atoms with Crippen molar-refractivity contribution in [1.29, 1.82) is 0 Å². The molecule has 5 heterocycles. The van der Waals surface area contributed by atoms with Gasteiger partial charge in [0.25, 0.3) is 0 Å². The summed E-state index contributed by atoms with van der Waals surface area (Å²) >= 11 is 0. The van der Waals surface area contributed by atoms with Crippen LogP contribution in [0.5, 0.6) is 0 Å². The van der Waals surface area contributed by atoms with Gasteiger partial charge in [-0.2, -0.15) is 0 Å². The molecule has 5 aliphatic heterocycles. The Kier molecular flexibility index (Phi) is 37.4. The van der Waals surface area contributed by atoms with Gasteiger partial charge in [-0.3, -0.25) is 0 Å². The standard InChI is InChI=1S/C16H34N2O6.2C7H14O4.2C5H10O3.CH4O/c1-11(15(22)8-18(2)4-3-17)5-13(21)10-23-16-7-12(20)6-14(9-19)24-16;2*1-10-7-3-5(9)2-6(4-8)11-7;2*6-4-1-5(7)3-8-2-4;1-2/h11-16,19-22H,3-10,17H2,1-2H3;2*5-9H,2-4H2,1H3;2*4-7H,1-3H2;2H,1H3. The van der Waals surface area contributed by atoms with Crippen LogP contribution < -0.4 is 5.73 Å². The lowest BCUT2D eigenvalue weighted by molar-refractivity contribution is -0.229. The van der Waals surface area contributed by atoms with Gasteiger partial charge < -0.3 is 115 Å². The summed E-state index contributed by atoms with van der Waals surface area (Å²) in [5.74, 6) is -0.0909. The van der Waals surface area contributed by atoms with Gasteiger partial charge in [-0.05, 0) is 19.4 Å². The Hall–Kier alpha value is -0.920. The molecule has 0 spiro atoms. The van der Waals surface area contributed by atoms with Crippen LogP contribution in [0.15, 0.2) is 0 Å². The van der Waals surface area contributed by atoms with Gasteiger partial charge >= 0.3 is 0 Å². The first-order chi connectivity index (χ1) is 30.4. The highest BCUT2D eigenvalue weighted by Crippen LogP contribution is 2.22. The average Bonchev–Trinajstić information content (AvgIpc) is 3.26. The number of methoxy groups -OCH3 is 2. The lowest BCUT2D eigenvalue weighted by atomic mass is 9.97. The van der Waals surface area contributed by atoms with E-state index >= 15 is 0 Å². The van der Waals surface area contributed by atoms with Crippen molar-refractivity contribution in [2.24, 2.45) is 11.7 Å². The van der Waals surface area contributed by atoms with E-state index in [1.165, 1.54) is 14.2 Å². The largest absolute Gasteiger partial charge is 0.400 e. The van der Waals surface area contributed by atoms with Gasteiger partial charge in [-0.1, -0.05) is 6.92 Å². The maximum absolute atomic E-state index is 10.2. The fourth-order valence-corrected chi connectivity index (χ4v) is 6.87. The second kappa shape index (κ2) is 38.0. The van der Waals surface area contributed by atoms with E-state index in [0.29, 0.717) is 104 Å². The zero-order valence-electron chi connectivity index (χ0n) is 38.5. The predicted molar refractivity (Wildman–Crippen MR) is 228 cm³/mol. The third-order valence-electron chi connectivity index (χ3n) is 10.3. The van der Waals surface area contributed by atoms with E-state index in [0.717, 1.165) is 7.11 Å². The van der Waals surface area contributed by atoms with Crippen LogP contribution in [0.1, 0.15) is 64.7 Å². The minimum atomic E-state index is -0.732. The lowest BCUT2D eigenvalue weighted by Gasteiger charge is -2.32. The Labute approximate surface area is 378 Å². The fraction of sp³-hybridized carbons (Fsp3) is 1.00. The van der Waals surface area contributed by atoms with E-state index in [-0.39, 0.29) is 57.1 Å². The van der Waals surface area contributed by atoms with Crippen LogP contribution in [0.3, 0.4) is 0 Å². The van der Waals surface area contributed by atoms with Gasteiger partial charge in [-0.25, -0.2) is 0 Å². The first-order valence-electron chi connectivity index (χ1n) is 22.0. The quantitative estimate of drug-likeness (QED) is 0.0734. The summed E-state index contributed by atoms with van der Waals surface area (Å²) < 4.78 is 40.8. The highest BCUT2D eigenvalue weighted by molar-refractivity contribution is 4.76. The summed E-state index contributed by atoms with van der Waals surface area (Å²) in [5, 5.41) is 117. The van der Waals surface area contributed by atoms with Crippen LogP contribution in [0.4, 0.5) is 0 Å². The van der Waals surface area contributed by atoms with Gasteiger partial charge in [0.2, 0.25) is 0 Å². The monoisotopic (exact) mass is 943 g/mol. The molecular formula is C41H86N2O21. The molecular weight excluding hydrogens is 856 g/mol.